The number of hydrogen-bond donors (Lipinski definition) is 1. The molecule has 0 spiro atoms. The summed E-state index contributed by atoms with van der Waals surface area (Å²) < 4.78 is 5.45. The number of carbonyl (C=O) groups is 1. The molecule has 104 valence electrons. The van der Waals surface area contributed by atoms with E-state index in [1.807, 2.05) is 11.8 Å². The Labute approximate surface area is 110 Å². The monoisotopic (exact) mass is 254 g/mol. The highest BCUT2D eigenvalue weighted by molar-refractivity contribution is 5.81. The first kappa shape index (κ1) is 13.8. The summed E-state index contributed by atoms with van der Waals surface area (Å²) >= 11 is 0. The average Bonchev–Trinajstić information content (AvgIpc) is 2.67. The Morgan fingerprint density at radius 1 is 1.17 bits per heavy atom. The fourth-order valence-electron chi connectivity index (χ4n) is 2.88. The molecule has 2 aliphatic rings. The summed E-state index contributed by atoms with van der Waals surface area (Å²) in [5, 5.41) is 3.48. The van der Waals surface area contributed by atoms with Gasteiger partial charge in [-0.25, -0.2) is 0 Å². The van der Waals surface area contributed by atoms with Crippen molar-refractivity contribution < 1.29 is 9.53 Å². The Balaban J connectivity index is 1.78. The van der Waals surface area contributed by atoms with E-state index in [-0.39, 0.29) is 11.9 Å². The Hall–Kier alpha value is -0.610. The van der Waals surface area contributed by atoms with Crippen molar-refractivity contribution in [2.75, 3.05) is 26.3 Å². The molecule has 2 saturated heterocycles. The van der Waals surface area contributed by atoms with Gasteiger partial charge < -0.3 is 15.0 Å². The van der Waals surface area contributed by atoms with Gasteiger partial charge in [0.1, 0.15) is 0 Å². The van der Waals surface area contributed by atoms with Crippen molar-refractivity contribution in [3.63, 3.8) is 0 Å². The molecule has 0 saturated carbocycles. The minimum Gasteiger partial charge on any atom is -0.381 e. The van der Waals surface area contributed by atoms with Crippen LogP contribution in [0.2, 0.25) is 0 Å². The van der Waals surface area contributed by atoms with E-state index in [1.165, 1.54) is 6.42 Å². The van der Waals surface area contributed by atoms with E-state index in [0.717, 1.165) is 58.4 Å². The second kappa shape index (κ2) is 7.10. The normalized spacial score (nSPS) is 27.6. The second-order valence-corrected chi connectivity index (χ2v) is 5.51. The van der Waals surface area contributed by atoms with Crippen molar-refractivity contribution in [2.24, 2.45) is 0 Å². The first-order valence-electron chi connectivity index (χ1n) is 7.40. The highest BCUT2D eigenvalue weighted by Gasteiger charge is 2.24. The molecule has 1 amide bonds. The third kappa shape index (κ3) is 3.95. The van der Waals surface area contributed by atoms with Crippen LogP contribution in [0, 0.1) is 0 Å². The molecule has 2 aliphatic heterocycles. The summed E-state index contributed by atoms with van der Waals surface area (Å²) in [4.78, 5) is 14.3. The lowest BCUT2D eigenvalue weighted by molar-refractivity contribution is -0.134. The van der Waals surface area contributed by atoms with Gasteiger partial charge in [-0.3, -0.25) is 4.79 Å². The summed E-state index contributed by atoms with van der Waals surface area (Å²) in [6, 6.07) is 0.391. The molecule has 4 nitrogen and oxygen atoms in total. The maximum absolute atomic E-state index is 12.3. The molecule has 0 bridgehead atoms. The molecule has 2 heterocycles. The number of ether oxygens (including phenoxy) is 1. The van der Waals surface area contributed by atoms with Gasteiger partial charge >= 0.3 is 0 Å². The fraction of sp³-hybridized carbons (Fsp3) is 0.929. The van der Waals surface area contributed by atoms with E-state index in [1.54, 1.807) is 0 Å². The molecule has 0 aromatic carbocycles. The van der Waals surface area contributed by atoms with Gasteiger partial charge in [-0.1, -0.05) is 0 Å². The third-order valence-electron chi connectivity index (χ3n) is 3.98. The van der Waals surface area contributed by atoms with E-state index >= 15 is 0 Å². The highest BCUT2D eigenvalue weighted by Crippen LogP contribution is 2.12. The van der Waals surface area contributed by atoms with Crippen LogP contribution < -0.4 is 5.32 Å². The number of likely N-dealkylation sites (tertiary alicyclic amines) is 1. The molecule has 18 heavy (non-hydrogen) atoms. The number of carbonyl (C=O) groups excluding carboxylic acids is 1. The van der Waals surface area contributed by atoms with Gasteiger partial charge in [0, 0.05) is 32.3 Å². The summed E-state index contributed by atoms with van der Waals surface area (Å²) in [5.74, 6) is 0.278. The number of piperidine rings is 1. The van der Waals surface area contributed by atoms with Crippen molar-refractivity contribution in [1.82, 2.24) is 10.2 Å². The minimum absolute atomic E-state index is 0.0498. The second-order valence-electron chi connectivity index (χ2n) is 5.51. The smallest absolute Gasteiger partial charge is 0.239 e. The Morgan fingerprint density at radius 3 is 2.72 bits per heavy atom. The van der Waals surface area contributed by atoms with Gasteiger partial charge in [0.2, 0.25) is 5.91 Å². The average molecular weight is 254 g/mol. The zero-order chi connectivity index (χ0) is 12.8. The predicted octanol–water partition coefficient (Wildman–Crippen LogP) is 1.55. The van der Waals surface area contributed by atoms with Gasteiger partial charge in [-0.05, 0) is 45.4 Å². The molecule has 0 aliphatic carbocycles. The third-order valence-corrected chi connectivity index (χ3v) is 3.98. The topological polar surface area (TPSA) is 41.6 Å². The lowest BCUT2D eigenvalue weighted by Gasteiger charge is -2.31. The molecule has 1 N–H and O–H groups in total. The maximum atomic E-state index is 12.3. The van der Waals surface area contributed by atoms with Gasteiger partial charge in [0.25, 0.3) is 0 Å². The lowest BCUT2D eigenvalue weighted by Crippen LogP contribution is -2.49. The summed E-state index contributed by atoms with van der Waals surface area (Å²) in [6.07, 6.45) is 6.84. The highest BCUT2D eigenvalue weighted by atomic mass is 16.5. The summed E-state index contributed by atoms with van der Waals surface area (Å²) in [5.41, 5.74) is 0. The minimum atomic E-state index is -0.0498. The van der Waals surface area contributed by atoms with E-state index in [0.29, 0.717) is 6.04 Å². The first-order valence-corrected chi connectivity index (χ1v) is 7.40. The standard InChI is InChI=1S/C14H26N2O2/c1-12(14(17)16-8-3-2-4-9-16)15-13-6-5-10-18-11-7-13/h12-13,15H,2-11H2,1H3. The number of amides is 1. The van der Waals surface area contributed by atoms with Crippen LogP contribution in [0.25, 0.3) is 0 Å². The van der Waals surface area contributed by atoms with Crippen LogP contribution in [0.3, 0.4) is 0 Å². The van der Waals surface area contributed by atoms with E-state index in [2.05, 4.69) is 5.32 Å². The molecule has 2 atom stereocenters. The Morgan fingerprint density at radius 2 is 1.94 bits per heavy atom. The van der Waals surface area contributed by atoms with Crippen LogP contribution in [0.15, 0.2) is 0 Å². The van der Waals surface area contributed by atoms with Crippen molar-refractivity contribution in [3.8, 4) is 0 Å². The van der Waals surface area contributed by atoms with Gasteiger partial charge in [0.15, 0.2) is 0 Å². The molecule has 0 aromatic heterocycles. The van der Waals surface area contributed by atoms with Crippen molar-refractivity contribution in [3.05, 3.63) is 0 Å². The van der Waals surface area contributed by atoms with Crippen LogP contribution in [0.1, 0.15) is 45.4 Å². The largest absolute Gasteiger partial charge is 0.381 e. The molecular weight excluding hydrogens is 228 g/mol. The molecule has 0 radical (unpaired) electrons. The van der Waals surface area contributed by atoms with Crippen LogP contribution in [0.4, 0.5) is 0 Å². The predicted molar refractivity (Wildman–Crippen MR) is 71.5 cm³/mol. The van der Waals surface area contributed by atoms with E-state index in [4.69, 9.17) is 4.74 Å². The van der Waals surface area contributed by atoms with E-state index < -0.39 is 0 Å². The summed E-state index contributed by atoms with van der Waals surface area (Å²) in [6.45, 7) is 5.58. The van der Waals surface area contributed by atoms with Crippen LogP contribution in [-0.4, -0.2) is 49.2 Å². The van der Waals surface area contributed by atoms with Crippen molar-refractivity contribution in [1.29, 1.82) is 0 Å². The van der Waals surface area contributed by atoms with Gasteiger partial charge in [-0.15, -0.1) is 0 Å². The molecule has 4 heteroatoms. The fourth-order valence-corrected chi connectivity index (χ4v) is 2.88. The van der Waals surface area contributed by atoms with Crippen molar-refractivity contribution in [2.45, 2.75) is 57.5 Å². The van der Waals surface area contributed by atoms with Crippen LogP contribution in [-0.2, 0) is 9.53 Å². The Kier molecular flexibility index (Phi) is 5.45. The van der Waals surface area contributed by atoms with Gasteiger partial charge in [0.05, 0.1) is 6.04 Å². The molecule has 2 rings (SSSR count). The number of hydrogen-bond acceptors (Lipinski definition) is 3. The number of nitrogens with zero attached hydrogens (tertiary/aromatic N) is 1. The van der Waals surface area contributed by atoms with Crippen molar-refractivity contribution >= 4 is 5.91 Å². The molecular formula is C14H26N2O2. The quantitative estimate of drug-likeness (QED) is 0.831. The zero-order valence-corrected chi connectivity index (χ0v) is 11.5. The van der Waals surface area contributed by atoms with E-state index in [9.17, 15) is 4.79 Å². The SMILES string of the molecule is CC(NC1CCCOCC1)C(=O)N1CCCCC1. The van der Waals surface area contributed by atoms with Crippen LogP contribution in [0.5, 0.6) is 0 Å². The molecule has 0 aromatic rings. The number of nitrogens with one attached hydrogen (secondary N) is 1. The molecule has 2 unspecified atom stereocenters. The maximum Gasteiger partial charge on any atom is 0.239 e. The summed E-state index contributed by atoms with van der Waals surface area (Å²) in [7, 11) is 0. The Bertz CT molecular complexity index is 257. The molecule has 2 fully saturated rings. The van der Waals surface area contributed by atoms with Crippen LogP contribution >= 0.6 is 0 Å². The lowest BCUT2D eigenvalue weighted by atomic mass is 10.1. The van der Waals surface area contributed by atoms with Gasteiger partial charge in [-0.2, -0.15) is 0 Å². The zero-order valence-electron chi connectivity index (χ0n) is 11.5. The number of rotatable bonds is 3. The first-order chi connectivity index (χ1) is 8.77.